The van der Waals surface area contributed by atoms with Gasteiger partial charge in [-0.05, 0) is 65.3 Å². The molecule has 0 saturated heterocycles. The van der Waals surface area contributed by atoms with Gasteiger partial charge >= 0.3 is 0 Å². The number of nitrogens with zero attached hydrogens (tertiary/aromatic N) is 5. The average Bonchev–Trinajstić information content (AvgIpc) is 3.11. The number of hydrogen-bond donors (Lipinski definition) is 0. The second kappa shape index (κ2) is 35.7. The summed E-state index contributed by atoms with van der Waals surface area (Å²) in [6.45, 7) is 33.1. The molecule has 0 N–H and O–H groups in total. The molecule has 4 aromatic rings. The van der Waals surface area contributed by atoms with E-state index in [-0.39, 0.29) is 0 Å². The number of aromatic nitrogens is 5. The van der Waals surface area contributed by atoms with Crippen molar-refractivity contribution >= 4 is 0 Å². The Labute approximate surface area is 273 Å². The Morgan fingerprint density at radius 2 is 0.886 bits per heavy atom. The van der Waals surface area contributed by atoms with Crippen LogP contribution in [0.25, 0.3) is 0 Å². The standard InChI is InChI=1S/3C8H11N.C7H10N2.4C2H6/c1-7(2)8-3-5-9-6-4-8;1-7(2)8-4-3-5-9-6-8;1-7(2)8-5-3-4-6-9-8;1-6(2)7-8-4-3-5-9-7;4*1-2/h3*3-7H,1-2H3;3-6H,1-2H3;4*1-2H3. The average molecular weight is 606 g/mol. The summed E-state index contributed by atoms with van der Waals surface area (Å²) in [5, 5.41) is 0. The summed E-state index contributed by atoms with van der Waals surface area (Å²) in [4.78, 5) is 20.2. The Bertz CT molecular complexity index is 847. The van der Waals surface area contributed by atoms with Crippen LogP contribution in [0.5, 0.6) is 0 Å². The Morgan fingerprint density at radius 3 is 1.16 bits per heavy atom. The zero-order chi connectivity index (χ0) is 34.8. The first-order chi connectivity index (χ1) is 21.2. The maximum Gasteiger partial charge on any atom is 0.130 e. The zero-order valence-electron chi connectivity index (χ0n) is 31.2. The molecule has 0 aromatic carbocycles. The second-order valence-corrected chi connectivity index (χ2v) is 9.55. The van der Waals surface area contributed by atoms with Crippen LogP contribution in [0.1, 0.15) is 157 Å². The summed E-state index contributed by atoms with van der Waals surface area (Å²) in [7, 11) is 0. The molecule has 5 nitrogen and oxygen atoms in total. The third kappa shape index (κ3) is 27.4. The molecule has 4 aromatic heterocycles. The summed E-state index contributed by atoms with van der Waals surface area (Å²) in [6, 6.07) is 16.0. The first-order valence-electron chi connectivity index (χ1n) is 16.7. The van der Waals surface area contributed by atoms with E-state index in [2.05, 4.69) is 86.4 Å². The lowest BCUT2D eigenvalue weighted by Crippen LogP contribution is -1.93. The predicted molar refractivity (Wildman–Crippen MR) is 196 cm³/mol. The Kier molecular flexibility index (Phi) is 38.5. The van der Waals surface area contributed by atoms with Crippen LogP contribution in [0.2, 0.25) is 0 Å². The summed E-state index contributed by atoms with van der Waals surface area (Å²) in [5.41, 5.74) is 3.82. The van der Waals surface area contributed by atoms with Gasteiger partial charge in [-0.1, -0.05) is 123 Å². The zero-order valence-corrected chi connectivity index (χ0v) is 31.2. The van der Waals surface area contributed by atoms with Gasteiger partial charge in [-0.15, -0.1) is 0 Å². The quantitative estimate of drug-likeness (QED) is 0.231. The molecule has 0 fully saturated rings. The van der Waals surface area contributed by atoms with Crippen LogP contribution >= 0.6 is 0 Å². The van der Waals surface area contributed by atoms with E-state index in [1.807, 2.05) is 123 Å². The van der Waals surface area contributed by atoms with Gasteiger partial charge in [0.25, 0.3) is 0 Å². The summed E-state index contributed by atoms with van der Waals surface area (Å²) < 4.78 is 0. The molecule has 4 rings (SSSR count). The van der Waals surface area contributed by atoms with Gasteiger partial charge in [-0.2, -0.15) is 0 Å². The molecule has 0 spiro atoms. The van der Waals surface area contributed by atoms with Crippen molar-refractivity contribution in [2.75, 3.05) is 0 Å². The van der Waals surface area contributed by atoms with Crippen molar-refractivity contribution in [3.63, 3.8) is 0 Å². The molecule has 0 saturated carbocycles. The van der Waals surface area contributed by atoms with Gasteiger partial charge in [0.05, 0.1) is 0 Å². The Hall–Kier alpha value is -3.47. The van der Waals surface area contributed by atoms with Crippen LogP contribution in [0.15, 0.2) is 91.9 Å². The monoisotopic (exact) mass is 606 g/mol. The molecule has 0 aliphatic heterocycles. The van der Waals surface area contributed by atoms with Crippen LogP contribution in [0, 0.1) is 0 Å². The smallest absolute Gasteiger partial charge is 0.130 e. The summed E-state index contributed by atoms with van der Waals surface area (Å²) in [6.07, 6.45) is 12.7. The number of rotatable bonds is 4. The van der Waals surface area contributed by atoms with Crippen molar-refractivity contribution < 1.29 is 0 Å². The van der Waals surface area contributed by atoms with Crippen molar-refractivity contribution in [1.29, 1.82) is 0 Å². The third-order valence-electron chi connectivity index (χ3n) is 5.11. The molecule has 0 radical (unpaired) electrons. The van der Waals surface area contributed by atoms with E-state index in [4.69, 9.17) is 0 Å². The van der Waals surface area contributed by atoms with Crippen molar-refractivity contribution in [1.82, 2.24) is 24.9 Å². The van der Waals surface area contributed by atoms with Gasteiger partial charge in [0.2, 0.25) is 0 Å². The third-order valence-corrected chi connectivity index (χ3v) is 5.11. The molecule has 0 atom stereocenters. The van der Waals surface area contributed by atoms with E-state index < -0.39 is 0 Å². The lowest BCUT2D eigenvalue weighted by molar-refractivity contribution is 0.774. The van der Waals surface area contributed by atoms with Crippen LogP contribution in [-0.4, -0.2) is 24.9 Å². The molecule has 0 amide bonds. The van der Waals surface area contributed by atoms with E-state index in [1.54, 1.807) is 18.6 Å². The van der Waals surface area contributed by atoms with Crippen molar-refractivity contribution in [3.8, 4) is 0 Å². The van der Waals surface area contributed by atoms with Gasteiger partial charge in [-0.25, -0.2) is 9.97 Å². The van der Waals surface area contributed by atoms with E-state index in [1.165, 1.54) is 11.1 Å². The van der Waals surface area contributed by atoms with Gasteiger partial charge < -0.3 is 0 Å². The van der Waals surface area contributed by atoms with Gasteiger partial charge in [0, 0.05) is 55.0 Å². The maximum absolute atomic E-state index is 4.18. The van der Waals surface area contributed by atoms with E-state index in [0.29, 0.717) is 23.7 Å². The highest BCUT2D eigenvalue weighted by atomic mass is 14.9. The van der Waals surface area contributed by atoms with Crippen LogP contribution in [-0.2, 0) is 0 Å². The highest BCUT2D eigenvalue weighted by Gasteiger charge is 1.98. The van der Waals surface area contributed by atoms with E-state index >= 15 is 0 Å². The normalized spacial score (nSPS) is 8.82. The topological polar surface area (TPSA) is 64.5 Å². The molecule has 248 valence electrons. The second-order valence-electron chi connectivity index (χ2n) is 9.55. The van der Waals surface area contributed by atoms with Crippen LogP contribution in [0.3, 0.4) is 0 Å². The van der Waals surface area contributed by atoms with Gasteiger partial charge in [-0.3, -0.25) is 15.0 Å². The molecule has 5 heteroatoms. The largest absolute Gasteiger partial charge is 0.265 e. The van der Waals surface area contributed by atoms with Crippen molar-refractivity contribution in [2.24, 2.45) is 0 Å². The highest BCUT2D eigenvalue weighted by molar-refractivity contribution is 5.13. The fourth-order valence-corrected chi connectivity index (χ4v) is 2.79. The fraction of sp³-hybridized carbons (Fsp3) is 0.513. The lowest BCUT2D eigenvalue weighted by atomic mass is 10.1. The molecule has 44 heavy (non-hydrogen) atoms. The first-order valence-corrected chi connectivity index (χ1v) is 16.7. The lowest BCUT2D eigenvalue weighted by Gasteiger charge is -2.01. The predicted octanol–water partition coefficient (Wildman–Crippen LogP) is 12.3. The van der Waals surface area contributed by atoms with Crippen LogP contribution in [0.4, 0.5) is 0 Å². The fourth-order valence-electron chi connectivity index (χ4n) is 2.79. The minimum Gasteiger partial charge on any atom is -0.265 e. The molecule has 0 aliphatic rings. The minimum atomic E-state index is 0.436. The molecule has 0 aliphatic carbocycles. The molecular formula is C39H67N5. The van der Waals surface area contributed by atoms with Crippen molar-refractivity contribution in [2.45, 2.75) is 134 Å². The maximum atomic E-state index is 4.18. The Morgan fingerprint density at radius 1 is 0.386 bits per heavy atom. The van der Waals surface area contributed by atoms with Gasteiger partial charge in [0.1, 0.15) is 5.82 Å². The number of hydrogen-bond acceptors (Lipinski definition) is 5. The Balaban J connectivity index is -0.000000225. The molecule has 4 heterocycles. The number of pyridine rings is 3. The SMILES string of the molecule is CC.CC.CC.CC.CC(C)c1ccccn1.CC(C)c1cccnc1.CC(C)c1ccncc1.CC(C)c1ncccn1. The van der Waals surface area contributed by atoms with Gasteiger partial charge in [0.15, 0.2) is 0 Å². The molecule has 0 unspecified atom stereocenters. The van der Waals surface area contributed by atoms with Crippen molar-refractivity contribution in [3.05, 3.63) is 115 Å². The summed E-state index contributed by atoms with van der Waals surface area (Å²) >= 11 is 0. The summed E-state index contributed by atoms with van der Waals surface area (Å²) in [5.74, 6) is 3.11. The van der Waals surface area contributed by atoms with E-state index in [9.17, 15) is 0 Å². The first kappa shape index (κ1) is 47.5. The molecular weight excluding hydrogens is 538 g/mol. The minimum absolute atomic E-state index is 0.436. The van der Waals surface area contributed by atoms with E-state index in [0.717, 1.165) is 11.5 Å². The highest BCUT2D eigenvalue weighted by Crippen LogP contribution is 2.11. The molecule has 0 bridgehead atoms. The van der Waals surface area contributed by atoms with Crippen LogP contribution < -0.4 is 0 Å².